The molecule has 9 heteroatoms. The standard InChI is InChI=1S/C23H20ClN7S/c24-17-5-6-18-19(13-17)26-23(31-21(18)27-28-22(31)20-4-2-12-32-20)30-10-8-29(9-11-30)15-16-3-1-7-25-14-16/h1-7,12-14H,8-11,15H2. The molecular formula is C23H20ClN7S. The molecule has 32 heavy (non-hydrogen) atoms. The van der Waals surface area contributed by atoms with Crippen LogP contribution in [0.3, 0.4) is 0 Å². The molecule has 5 aromatic rings. The monoisotopic (exact) mass is 461 g/mol. The van der Waals surface area contributed by atoms with Gasteiger partial charge in [0.05, 0.1) is 10.4 Å². The molecule has 1 aromatic carbocycles. The minimum absolute atomic E-state index is 0.666. The van der Waals surface area contributed by atoms with Crippen LogP contribution in [0.4, 0.5) is 5.95 Å². The van der Waals surface area contributed by atoms with Gasteiger partial charge in [-0.05, 0) is 41.3 Å². The summed E-state index contributed by atoms with van der Waals surface area (Å²) in [7, 11) is 0. The number of thiophene rings is 1. The summed E-state index contributed by atoms with van der Waals surface area (Å²) in [6.07, 6.45) is 3.75. The first-order valence-electron chi connectivity index (χ1n) is 10.5. The quantitative estimate of drug-likeness (QED) is 0.396. The van der Waals surface area contributed by atoms with Gasteiger partial charge in [-0.15, -0.1) is 21.5 Å². The van der Waals surface area contributed by atoms with Crippen molar-refractivity contribution < 1.29 is 0 Å². The van der Waals surface area contributed by atoms with E-state index in [0.717, 1.165) is 65.9 Å². The topological polar surface area (TPSA) is 62.5 Å². The van der Waals surface area contributed by atoms with Crippen molar-refractivity contribution in [1.82, 2.24) is 29.5 Å². The molecule has 0 spiro atoms. The lowest BCUT2D eigenvalue weighted by molar-refractivity contribution is 0.248. The number of pyridine rings is 1. The van der Waals surface area contributed by atoms with Crippen molar-refractivity contribution in [2.24, 2.45) is 0 Å². The van der Waals surface area contributed by atoms with Crippen molar-refractivity contribution in [1.29, 1.82) is 0 Å². The van der Waals surface area contributed by atoms with Crippen molar-refractivity contribution in [2.75, 3.05) is 31.1 Å². The third-order valence-electron chi connectivity index (χ3n) is 5.81. The first kappa shape index (κ1) is 19.6. The molecule has 6 rings (SSSR count). The van der Waals surface area contributed by atoms with E-state index in [9.17, 15) is 0 Å². The number of anilines is 1. The zero-order valence-corrected chi connectivity index (χ0v) is 18.8. The first-order chi connectivity index (χ1) is 15.8. The molecule has 0 N–H and O–H groups in total. The van der Waals surface area contributed by atoms with Crippen LogP contribution in [0.5, 0.6) is 0 Å². The number of nitrogens with zero attached hydrogens (tertiary/aromatic N) is 7. The van der Waals surface area contributed by atoms with Crippen LogP contribution in [0.15, 0.2) is 60.2 Å². The second-order valence-electron chi connectivity index (χ2n) is 7.86. The van der Waals surface area contributed by atoms with Crippen LogP contribution in [-0.4, -0.2) is 55.6 Å². The molecule has 4 aromatic heterocycles. The lowest BCUT2D eigenvalue weighted by atomic mass is 10.2. The molecule has 0 atom stereocenters. The summed E-state index contributed by atoms with van der Waals surface area (Å²) in [6, 6.07) is 14.0. The SMILES string of the molecule is Clc1ccc2c(c1)nc(N1CCN(Cc3cccnc3)CC1)n1c(-c3cccs3)nnc21. The Morgan fingerprint density at radius 2 is 1.91 bits per heavy atom. The highest BCUT2D eigenvalue weighted by Crippen LogP contribution is 2.31. The van der Waals surface area contributed by atoms with E-state index < -0.39 is 0 Å². The molecule has 0 radical (unpaired) electrons. The molecule has 1 aliphatic rings. The molecule has 5 heterocycles. The van der Waals surface area contributed by atoms with Gasteiger partial charge in [-0.3, -0.25) is 9.88 Å². The van der Waals surface area contributed by atoms with Crippen molar-refractivity contribution in [3.05, 3.63) is 70.8 Å². The number of rotatable bonds is 4. The number of halogens is 1. The number of hydrogen-bond donors (Lipinski definition) is 0. The Bertz CT molecular complexity index is 1380. The Kier molecular flexibility index (Phi) is 4.98. The fourth-order valence-electron chi connectivity index (χ4n) is 4.23. The van der Waals surface area contributed by atoms with Crippen LogP contribution in [0, 0.1) is 0 Å². The fourth-order valence-corrected chi connectivity index (χ4v) is 5.09. The molecule has 0 saturated carbocycles. The van der Waals surface area contributed by atoms with Crippen LogP contribution < -0.4 is 4.90 Å². The lowest BCUT2D eigenvalue weighted by Crippen LogP contribution is -2.46. The highest BCUT2D eigenvalue weighted by Gasteiger charge is 2.24. The molecule has 0 amide bonds. The van der Waals surface area contributed by atoms with E-state index >= 15 is 0 Å². The maximum absolute atomic E-state index is 6.28. The summed E-state index contributed by atoms with van der Waals surface area (Å²) in [5.41, 5.74) is 2.88. The van der Waals surface area contributed by atoms with Crippen LogP contribution in [0.25, 0.3) is 27.3 Å². The summed E-state index contributed by atoms with van der Waals surface area (Å²) in [5, 5.41) is 12.8. The Labute approximate surface area is 193 Å². The van der Waals surface area contributed by atoms with E-state index in [1.807, 2.05) is 42.7 Å². The second-order valence-corrected chi connectivity index (χ2v) is 9.24. The van der Waals surface area contributed by atoms with E-state index in [4.69, 9.17) is 16.6 Å². The number of benzene rings is 1. The number of hydrogen-bond acceptors (Lipinski definition) is 7. The van der Waals surface area contributed by atoms with E-state index in [-0.39, 0.29) is 0 Å². The predicted molar refractivity (Wildman–Crippen MR) is 128 cm³/mol. The summed E-state index contributed by atoms with van der Waals surface area (Å²) in [6.45, 7) is 4.54. The highest BCUT2D eigenvalue weighted by molar-refractivity contribution is 7.13. The largest absolute Gasteiger partial charge is 0.339 e. The van der Waals surface area contributed by atoms with Crippen LogP contribution in [0.1, 0.15) is 5.56 Å². The summed E-state index contributed by atoms with van der Waals surface area (Å²) < 4.78 is 2.10. The number of aromatic nitrogens is 5. The van der Waals surface area contributed by atoms with Gasteiger partial charge in [-0.1, -0.05) is 23.7 Å². The zero-order valence-electron chi connectivity index (χ0n) is 17.2. The van der Waals surface area contributed by atoms with Gasteiger partial charge >= 0.3 is 0 Å². The molecule has 0 aliphatic carbocycles. The molecular weight excluding hydrogens is 442 g/mol. The minimum atomic E-state index is 0.666. The molecule has 1 saturated heterocycles. The van der Waals surface area contributed by atoms with Gasteiger partial charge in [0.25, 0.3) is 0 Å². The maximum Gasteiger partial charge on any atom is 0.213 e. The Morgan fingerprint density at radius 1 is 1.00 bits per heavy atom. The van der Waals surface area contributed by atoms with Gasteiger partial charge in [0.15, 0.2) is 11.5 Å². The van der Waals surface area contributed by atoms with Crippen molar-refractivity contribution in [2.45, 2.75) is 6.54 Å². The van der Waals surface area contributed by atoms with Gasteiger partial charge in [0.1, 0.15) is 0 Å². The molecule has 1 aliphatic heterocycles. The van der Waals surface area contributed by atoms with Gasteiger partial charge in [-0.25, -0.2) is 9.38 Å². The average Bonchev–Trinajstić information content (AvgIpc) is 3.50. The second kappa shape index (κ2) is 8.12. The van der Waals surface area contributed by atoms with Crippen molar-refractivity contribution in [3.63, 3.8) is 0 Å². The fraction of sp³-hybridized carbons (Fsp3) is 0.217. The molecule has 160 valence electrons. The molecule has 7 nitrogen and oxygen atoms in total. The van der Waals surface area contributed by atoms with Gasteiger partial charge in [-0.2, -0.15) is 0 Å². The normalized spacial score (nSPS) is 15.1. The van der Waals surface area contributed by atoms with E-state index in [1.54, 1.807) is 11.3 Å². The highest BCUT2D eigenvalue weighted by atomic mass is 35.5. The smallest absolute Gasteiger partial charge is 0.213 e. The van der Waals surface area contributed by atoms with Crippen LogP contribution in [0.2, 0.25) is 5.02 Å². The van der Waals surface area contributed by atoms with E-state index in [0.29, 0.717) is 5.02 Å². The molecule has 0 bridgehead atoms. The summed E-state index contributed by atoms with van der Waals surface area (Å²) >= 11 is 7.94. The summed E-state index contributed by atoms with van der Waals surface area (Å²) in [4.78, 5) is 15.1. The third-order valence-corrected chi connectivity index (χ3v) is 6.91. The van der Waals surface area contributed by atoms with Crippen LogP contribution >= 0.6 is 22.9 Å². The van der Waals surface area contributed by atoms with Gasteiger partial charge in [0.2, 0.25) is 5.95 Å². The van der Waals surface area contributed by atoms with Gasteiger partial charge in [0, 0.05) is 55.5 Å². The van der Waals surface area contributed by atoms with Crippen molar-refractivity contribution >= 4 is 45.4 Å². The zero-order chi connectivity index (χ0) is 21.5. The average molecular weight is 462 g/mol. The molecule has 0 unspecified atom stereocenters. The van der Waals surface area contributed by atoms with E-state index in [1.165, 1.54) is 5.56 Å². The predicted octanol–water partition coefficient (Wildman–Crippen LogP) is 4.38. The Morgan fingerprint density at radius 3 is 2.69 bits per heavy atom. The van der Waals surface area contributed by atoms with Crippen molar-refractivity contribution in [3.8, 4) is 10.7 Å². The Balaban J connectivity index is 1.39. The first-order valence-corrected chi connectivity index (χ1v) is 11.8. The number of fused-ring (bicyclic) bond motifs is 3. The minimum Gasteiger partial charge on any atom is -0.339 e. The summed E-state index contributed by atoms with van der Waals surface area (Å²) in [5.74, 6) is 1.69. The third kappa shape index (κ3) is 3.50. The Hall–Kier alpha value is -3.07. The van der Waals surface area contributed by atoms with Gasteiger partial charge < -0.3 is 4.90 Å². The van der Waals surface area contributed by atoms with Crippen LogP contribution in [-0.2, 0) is 6.54 Å². The molecule has 1 fully saturated rings. The van der Waals surface area contributed by atoms with E-state index in [2.05, 4.69) is 46.9 Å². The lowest BCUT2D eigenvalue weighted by Gasteiger charge is -2.35. The maximum atomic E-state index is 6.28. The number of piperazine rings is 1.